The molecule has 22 heavy (non-hydrogen) atoms. The van der Waals surface area contributed by atoms with Gasteiger partial charge in [-0.3, -0.25) is 4.79 Å². The van der Waals surface area contributed by atoms with Gasteiger partial charge in [0, 0.05) is 23.7 Å². The number of hydrogen-bond donors (Lipinski definition) is 1. The number of amides is 1. The molecule has 1 unspecified atom stereocenters. The Bertz CT molecular complexity index is 559. The Kier molecular flexibility index (Phi) is 3.89. The van der Waals surface area contributed by atoms with Crippen LogP contribution in [-0.2, 0) is 6.18 Å². The number of fused-ring (bicyclic) bond motifs is 2. The fraction of sp³-hybridized carbons (Fsp3) is 0.562. The molecule has 2 fully saturated rings. The highest BCUT2D eigenvalue weighted by Gasteiger charge is 2.39. The minimum Gasteiger partial charge on any atom is -0.349 e. The number of rotatable bonds is 2. The molecule has 1 N–H and O–H groups in total. The van der Waals surface area contributed by atoms with Crippen molar-refractivity contribution in [2.75, 3.05) is 7.05 Å². The van der Waals surface area contributed by atoms with Gasteiger partial charge >= 0.3 is 6.18 Å². The lowest BCUT2D eigenvalue weighted by molar-refractivity contribution is -0.137. The van der Waals surface area contributed by atoms with Crippen LogP contribution in [0.15, 0.2) is 24.3 Å². The molecule has 1 aromatic carbocycles. The second-order valence-electron chi connectivity index (χ2n) is 6.27. The Morgan fingerprint density at radius 3 is 2.45 bits per heavy atom. The molecule has 1 aromatic rings. The van der Waals surface area contributed by atoms with E-state index in [1.54, 1.807) is 0 Å². The van der Waals surface area contributed by atoms with E-state index in [1.807, 2.05) is 0 Å². The van der Waals surface area contributed by atoms with Gasteiger partial charge in [-0.15, -0.1) is 0 Å². The third-order valence-corrected chi connectivity index (χ3v) is 4.89. The Labute approximate surface area is 127 Å². The van der Waals surface area contributed by atoms with Gasteiger partial charge in [0.25, 0.3) is 5.91 Å². The highest BCUT2D eigenvalue weighted by atomic mass is 19.4. The predicted molar refractivity (Wildman–Crippen MR) is 76.5 cm³/mol. The van der Waals surface area contributed by atoms with Gasteiger partial charge in [0.15, 0.2) is 0 Å². The van der Waals surface area contributed by atoms with E-state index in [4.69, 9.17) is 0 Å². The summed E-state index contributed by atoms with van der Waals surface area (Å²) in [5, 5.41) is 2.90. The summed E-state index contributed by atoms with van der Waals surface area (Å²) in [6.45, 7) is 0. The topological polar surface area (TPSA) is 32.3 Å². The molecule has 3 nitrogen and oxygen atoms in total. The minimum atomic E-state index is -4.43. The van der Waals surface area contributed by atoms with Crippen LogP contribution in [0.25, 0.3) is 0 Å². The minimum absolute atomic E-state index is 0.0516. The van der Waals surface area contributed by atoms with Gasteiger partial charge in [0.1, 0.15) is 0 Å². The molecule has 0 saturated carbocycles. The van der Waals surface area contributed by atoms with Crippen molar-refractivity contribution in [1.29, 1.82) is 0 Å². The summed E-state index contributed by atoms with van der Waals surface area (Å²) in [7, 11) is 2.10. The summed E-state index contributed by atoms with van der Waals surface area (Å²) in [4.78, 5) is 14.6. The van der Waals surface area contributed by atoms with Crippen molar-refractivity contribution < 1.29 is 18.0 Å². The fourth-order valence-electron chi connectivity index (χ4n) is 3.63. The van der Waals surface area contributed by atoms with E-state index in [9.17, 15) is 18.0 Å². The monoisotopic (exact) mass is 312 g/mol. The second-order valence-corrected chi connectivity index (χ2v) is 6.27. The van der Waals surface area contributed by atoms with E-state index < -0.39 is 17.6 Å². The maximum atomic E-state index is 12.7. The lowest BCUT2D eigenvalue weighted by atomic mass is 9.97. The first-order valence-electron chi connectivity index (χ1n) is 7.54. The van der Waals surface area contributed by atoms with Crippen molar-refractivity contribution in [1.82, 2.24) is 10.2 Å². The van der Waals surface area contributed by atoms with Crippen molar-refractivity contribution in [3.8, 4) is 0 Å². The molecule has 2 aliphatic heterocycles. The summed E-state index contributed by atoms with van der Waals surface area (Å²) < 4.78 is 38.1. The normalized spacial score (nSPS) is 28.6. The highest BCUT2D eigenvalue weighted by molar-refractivity contribution is 5.94. The predicted octanol–water partition coefficient (Wildman–Crippen LogP) is 3.06. The van der Waals surface area contributed by atoms with Crippen molar-refractivity contribution in [2.24, 2.45) is 0 Å². The second kappa shape index (κ2) is 5.57. The van der Waals surface area contributed by atoms with Crippen molar-refractivity contribution >= 4 is 5.91 Å². The van der Waals surface area contributed by atoms with E-state index in [0.717, 1.165) is 37.8 Å². The molecule has 0 aliphatic carbocycles. The SMILES string of the molecule is CN1[C@@H]2CC[C@H]1CC(NC(=O)c1cccc(C(F)(F)F)c1)C2. The average molecular weight is 312 g/mol. The van der Waals surface area contributed by atoms with Crippen LogP contribution in [0, 0.1) is 0 Å². The third kappa shape index (κ3) is 2.97. The van der Waals surface area contributed by atoms with Gasteiger partial charge in [-0.1, -0.05) is 6.07 Å². The molecule has 2 heterocycles. The first kappa shape index (κ1) is 15.3. The van der Waals surface area contributed by atoms with Gasteiger partial charge in [-0.2, -0.15) is 13.2 Å². The summed E-state index contributed by atoms with van der Waals surface area (Å²) >= 11 is 0. The summed E-state index contributed by atoms with van der Waals surface area (Å²) in [6, 6.07) is 5.60. The number of piperidine rings is 1. The lowest BCUT2D eigenvalue weighted by Gasteiger charge is -2.36. The van der Waals surface area contributed by atoms with Crippen LogP contribution in [0.3, 0.4) is 0 Å². The Balaban J connectivity index is 1.68. The summed E-state index contributed by atoms with van der Waals surface area (Å²) in [5.74, 6) is -0.417. The van der Waals surface area contributed by atoms with E-state index in [0.29, 0.717) is 12.1 Å². The number of benzene rings is 1. The molecule has 2 saturated heterocycles. The summed E-state index contributed by atoms with van der Waals surface area (Å²) in [5.41, 5.74) is -0.718. The fourth-order valence-corrected chi connectivity index (χ4v) is 3.63. The van der Waals surface area contributed by atoms with E-state index >= 15 is 0 Å². The number of carbonyl (C=O) groups excluding carboxylic acids is 1. The number of hydrogen-bond acceptors (Lipinski definition) is 2. The Hall–Kier alpha value is -1.56. The van der Waals surface area contributed by atoms with Crippen molar-refractivity contribution in [2.45, 2.75) is 50.0 Å². The van der Waals surface area contributed by atoms with Gasteiger partial charge in [-0.05, 0) is 50.9 Å². The van der Waals surface area contributed by atoms with Crippen molar-refractivity contribution in [3.05, 3.63) is 35.4 Å². The number of nitrogens with one attached hydrogen (secondary N) is 1. The Morgan fingerprint density at radius 1 is 1.23 bits per heavy atom. The highest BCUT2D eigenvalue weighted by Crippen LogP contribution is 2.34. The van der Waals surface area contributed by atoms with Crippen LogP contribution < -0.4 is 5.32 Å². The molecular weight excluding hydrogens is 293 g/mol. The number of alkyl halides is 3. The summed E-state index contributed by atoms with van der Waals surface area (Å²) in [6.07, 6.45) is -0.410. The maximum absolute atomic E-state index is 12.7. The van der Waals surface area contributed by atoms with Crippen LogP contribution in [0.4, 0.5) is 13.2 Å². The molecule has 0 radical (unpaired) electrons. The number of halogens is 3. The quantitative estimate of drug-likeness (QED) is 0.910. The molecule has 2 bridgehead atoms. The van der Waals surface area contributed by atoms with E-state index in [1.165, 1.54) is 12.1 Å². The zero-order valence-electron chi connectivity index (χ0n) is 12.4. The van der Waals surface area contributed by atoms with Gasteiger partial charge in [0.2, 0.25) is 0 Å². The molecule has 1 amide bonds. The zero-order valence-corrected chi connectivity index (χ0v) is 12.4. The molecule has 2 aliphatic rings. The van der Waals surface area contributed by atoms with Crippen LogP contribution in [0.5, 0.6) is 0 Å². The number of nitrogens with zero attached hydrogens (tertiary/aromatic N) is 1. The van der Waals surface area contributed by atoms with Crippen LogP contribution in [0.1, 0.15) is 41.6 Å². The molecule has 3 atom stereocenters. The van der Waals surface area contributed by atoms with Gasteiger partial charge < -0.3 is 10.2 Å². The van der Waals surface area contributed by atoms with Gasteiger partial charge in [-0.25, -0.2) is 0 Å². The van der Waals surface area contributed by atoms with Crippen LogP contribution in [-0.4, -0.2) is 36.0 Å². The molecular formula is C16H19F3N2O. The first-order valence-corrected chi connectivity index (χ1v) is 7.54. The first-order chi connectivity index (χ1) is 10.3. The van der Waals surface area contributed by atoms with Crippen LogP contribution >= 0.6 is 0 Å². The Morgan fingerprint density at radius 2 is 1.86 bits per heavy atom. The van der Waals surface area contributed by atoms with Crippen molar-refractivity contribution in [3.63, 3.8) is 0 Å². The largest absolute Gasteiger partial charge is 0.416 e. The molecule has 3 rings (SSSR count). The third-order valence-electron chi connectivity index (χ3n) is 4.89. The molecule has 120 valence electrons. The van der Waals surface area contributed by atoms with E-state index in [-0.39, 0.29) is 11.6 Å². The van der Waals surface area contributed by atoms with Gasteiger partial charge in [0.05, 0.1) is 5.56 Å². The zero-order chi connectivity index (χ0) is 15.9. The molecule has 0 aromatic heterocycles. The average Bonchev–Trinajstić information content (AvgIpc) is 2.69. The maximum Gasteiger partial charge on any atom is 0.416 e. The lowest BCUT2D eigenvalue weighted by Crippen LogP contribution is -2.48. The van der Waals surface area contributed by atoms with E-state index in [2.05, 4.69) is 17.3 Å². The number of carbonyl (C=O) groups is 1. The molecule has 0 spiro atoms. The van der Waals surface area contributed by atoms with Crippen LogP contribution in [0.2, 0.25) is 0 Å². The standard InChI is InChI=1S/C16H19F3N2O/c1-21-13-5-6-14(21)9-12(8-13)20-15(22)10-3-2-4-11(7-10)16(17,18)19/h2-4,7,12-14H,5-6,8-9H2,1H3,(H,20,22)/t12?,13-,14+. The molecule has 6 heteroatoms. The smallest absolute Gasteiger partial charge is 0.349 e.